The topological polar surface area (TPSA) is 0 Å². The number of hydrogen-bond donors (Lipinski definition) is 0. The Hall–Kier alpha value is 0.500. The lowest BCUT2D eigenvalue weighted by Gasteiger charge is -1.92. The third-order valence-corrected chi connectivity index (χ3v) is 4.05. The fourth-order valence-electron chi connectivity index (χ4n) is 0.587. The molecule has 0 saturated heterocycles. The third-order valence-electron chi connectivity index (χ3n) is 1.15. The second-order valence-electron chi connectivity index (χ2n) is 1.97. The minimum Gasteiger partial charge on any atom is -0.122 e. The van der Waals surface area contributed by atoms with Crippen LogP contribution in [0.4, 0.5) is 0 Å². The summed E-state index contributed by atoms with van der Waals surface area (Å²) in [6, 6.07) is 1.93. The number of rotatable bonds is 2. The first-order valence-electron chi connectivity index (χ1n) is 2.84. The Kier molecular flexibility index (Phi) is 3.44. The highest BCUT2D eigenvalue weighted by Crippen LogP contribution is 2.35. The van der Waals surface area contributed by atoms with E-state index in [1.807, 2.05) is 6.07 Å². The average molecular weight is 272 g/mol. The van der Waals surface area contributed by atoms with E-state index in [9.17, 15) is 0 Å². The predicted molar refractivity (Wildman–Crippen MR) is 56.8 cm³/mol. The van der Waals surface area contributed by atoms with Gasteiger partial charge in [-0.05, 0) is 27.6 Å². The normalized spacial score (nSPS) is 10.1. The quantitative estimate of drug-likeness (QED) is 0.699. The molecule has 0 amide bonds. The van der Waals surface area contributed by atoms with E-state index < -0.39 is 0 Å². The Morgan fingerprint density at radius 2 is 2.36 bits per heavy atom. The maximum atomic E-state index is 5.82. The molecule has 0 nitrogen and oxygen atoms in total. The van der Waals surface area contributed by atoms with Crippen LogP contribution >= 0.6 is 50.5 Å². The molecule has 1 aromatic heterocycles. The lowest BCUT2D eigenvalue weighted by Crippen LogP contribution is -1.75. The van der Waals surface area contributed by atoms with Gasteiger partial charge in [0.1, 0.15) is 4.34 Å². The largest absolute Gasteiger partial charge is 0.122 e. The molecule has 0 saturated carbocycles. The summed E-state index contributed by atoms with van der Waals surface area (Å²) in [6.45, 7) is 3.80. The van der Waals surface area contributed by atoms with Gasteiger partial charge in [0.05, 0.1) is 0 Å². The van der Waals surface area contributed by atoms with E-state index >= 15 is 0 Å². The van der Waals surface area contributed by atoms with Crippen molar-refractivity contribution < 1.29 is 0 Å². The summed E-state index contributed by atoms with van der Waals surface area (Å²) in [6.07, 6.45) is 0. The minimum absolute atomic E-state index is 0.448. The molecule has 0 radical (unpaired) electrons. The van der Waals surface area contributed by atoms with Crippen LogP contribution in [-0.2, 0) is 0 Å². The van der Waals surface area contributed by atoms with Gasteiger partial charge < -0.3 is 0 Å². The van der Waals surface area contributed by atoms with Gasteiger partial charge in [0.15, 0.2) is 0 Å². The van der Waals surface area contributed by atoms with E-state index in [0.717, 1.165) is 19.3 Å². The molecule has 0 aliphatic rings. The molecule has 1 rings (SSSR count). The van der Waals surface area contributed by atoms with Gasteiger partial charge in [-0.2, -0.15) is 0 Å². The Labute approximate surface area is 88.0 Å². The van der Waals surface area contributed by atoms with Gasteiger partial charge >= 0.3 is 0 Å². The molecule has 0 unspecified atom stereocenters. The molecular formula is C7H5BrCl2S. The molecule has 1 aromatic rings. The lowest BCUT2D eigenvalue weighted by molar-refractivity contribution is 1.73. The summed E-state index contributed by atoms with van der Waals surface area (Å²) in [5.74, 6) is 0.448. The van der Waals surface area contributed by atoms with Crippen LogP contribution in [0.25, 0.3) is 5.57 Å². The SMILES string of the molecule is C=C(CCl)c1cc(Br)c(Cl)s1. The molecule has 0 spiro atoms. The van der Waals surface area contributed by atoms with Crippen molar-refractivity contribution in [3.8, 4) is 0 Å². The zero-order valence-corrected chi connectivity index (χ0v) is 9.45. The van der Waals surface area contributed by atoms with Crippen molar-refractivity contribution in [3.05, 3.63) is 26.3 Å². The van der Waals surface area contributed by atoms with Crippen molar-refractivity contribution in [3.63, 3.8) is 0 Å². The van der Waals surface area contributed by atoms with Crippen LogP contribution in [0.1, 0.15) is 4.88 Å². The molecule has 60 valence electrons. The van der Waals surface area contributed by atoms with Crippen molar-refractivity contribution in [2.24, 2.45) is 0 Å². The first kappa shape index (κ1) is 9.59. The molecule has 0 aliphatic heterocycles. The Morgan fingerprint density at radius 1 is 1.73 bits per heavy atom. The fourth-order valence-corrected chi connectivity index (χ4v) is 2.48. The predicted octanol–water partition coefficient (Wildman–Crippen LogP) is 4.42. The highest BCUT2D eigenvalue weighted by Gasteiger charge is 2.05. The monoisotopic (exact) mass is 270 g/mol. The first-order chi connectivity index (χ1) is 5.15. The highest BCUT2D eigenvalue weighted by molar-refractivity contribution is 9.10. The minimum atomic E-state index is 0.448. The highest BCUT2D eigenvalue weighted by atomic mass is 79.9. The zero-order valence-electron chi connectivity index (χ0n) is 5.53. The summed E-state index contributed by atoms with van der Waals surface area (Å²) >= 11 is 16.2. The zero-order chi connectivity index (χ0) is 8.43. The number of thiophene rings is 1. The number of alkyl halides is 1. The van der Waals surface area contributed by atoms with Gasteiger partial charge in [0.2, 0.25) is 0 Å². The first-order valence-corrected chi connectivity index (χ1v) is 5.36. The van der Waals surface area contributed by atoms with Gasteiger partial charge in [-0.1, -0.05) is 18.2 Å². The second-order valence-corrected chi connectivity index (χ2v) is 4.75. The van der Waals surface area contributed by atoms with E-state index in [1.165, 1.54) is 11.3 Å². The molecule has 0 aliphatic carbocycles. The summed E-state index contributed by atoms with van der Waals surface area (Å²) in [7, 11) is 0. The Balaban J connectivity index is 2.97. The van der Waals surface area contributed by atoms with Crippen molar-refractivity contribution in [2.45, 2.75) is 0 Å². The van der Waals surface area contributed by atoms with Gasteiger partial charge in [-0.15, -0.1) is 22.9 Å². The third kappa shape index (κ3) is 2.22. The van der Waals surface area contributed by atoms with E-state index in [4.69, 9.17) is 23.2 Å². The van der Waals surface area contributed by atoms with Gasteiger partial charge in [0.25, 0.3) is 0 Å². The van der Waals surface area contributed by atoms with Gasteiger partial charge in [0, 0.05) is 15.2 Å². The Bertz CT molecular complexity index is 260. The van der Waals surface area contributed by atoms with Crippen LogP contribution in [0.5, 0.6) is 0 Å². The molecule has 0 N–H and O–H groups in total. The fraction of sp³-hybridized carbons (Fsp3) is 0.143. The maximum absolute atomic E-state index is 5.82. The van der Waals surface area contributed by atoms with Gasteiger partial charge in [-0.25, -0.2) is 0 Å². The van der Waals surface area contributed by atoms with Crippen LogP contribution in [0, 0.1) is 0 Å². The molecule has 11 heavy (non-hydrogen) atoms. The van der Waals surface area contributed by atoms with Crippen LogP contribution in [0.3, 0.4) is 0 Å². The van der Waals surface area contributed by atoms with E-state index in [0.29, 0.717) is 5.88 Å². The summed E-state index contributed by atoms with van der Waals surface area (Å²) in [4.78, 5) is 1.04. The number of halogens is 3. The molecular weight excluding hydrogens is 267 g/mol. The smallest absolute Gasteiger partial charge is 0.108 e. The van der Waals surface area contributed by atoms with Gasteiger partial charge in [-0.3, -0.25) is 0 Å². The van der Waals surface area contributed by atoms with Crippen LogP contribution in [0.2, 0.25) is 4.34 Å². The second kappa shape index (κ2) is 3.94. The van der Waals surface area contributed by atoms with Crippen LogP contribution < -0.4 is 0 Å². The summed E-state index contributed by atoms with van der Waals surface area (Å²) < 4.78 is 1.65. The standard InChI is InChI=1S/C7H5BrCl2S/c1-4(3-9)6-2-5(8)7(10)11-6/h2H,1,3H2. The molecule has 0 aromatic carbocycles. The summed E-state index contributed by atoms with van der Waals surface area (Å²) in [5.41, 5.74) is 0.907. The number of hydrogen-bond acceptors (Lipinski definition) is 1. The van der Waals surface area contributed by atoms with E-state index in [1.54, 1.807) is 0 Å². The molecule has 4 heteroatoms. The van der Waals surface area contributed by atoms with Crippen molar-refractivity contribution >= 4 is 56.0 Å². The molecule has 0 bridgehead atoms. The van der Waals surface area contributed by atoms with Crippen LogP contribution in [0.15, 0.2) is 17.1 Å². The average Bonchev–Trinajstić information content (AvgIpc) is 2.31. The van der Waals surface area contributed by atoms with Crippen molar-refractivity contribution in [2.75, 3.05) is 5.88 Å². The summed E-state index contributed by atoms with van der Waals surface area (Å²) in [5, 5.41) is 0. The molecule has 1 heterocycles. The van der Waals surface area contributed by atoms with Crippen LogP contribution in [-0.4, -0.2) is 5.88 Å². The van der Waals surface area contributed by atoms with Crippen molar-refractivity contribution in [1.29, 1.82) is 0 Å². The lowest BCUT2D eigenvalue weighted by atomic mass is 10.3. The molecule has 0 atom stereocenters. The maximum Gasteiger partial charge on any atom is 0.108 e. The van der Waals surface area contributed by atoms with E-state index in [-0.39, 0.29) is 0 Å². The number of allylic oxidation sites excluding steroid dienone is 1. The van der Waals surface area contributed by atoms with Crippen molar-refractivity contribution in [1.82, 2.24) is 0 Å². The van der Waals surface area contributed by atoms with E-state index in [2.05, 4.69) is 22.5 Å². The Morgan fingerprint density at radius 3 is 2.73 bits per heavy atom. The molecule has 0 fully saturated rings.